The summed E-state index contributed by atoms with van der Waals surface area (Å²) in [6.45, 7) is 2.02. The molecule has 0 radical (unpaired) electrons. The highest BCUT2D eigenvalue weighted by molar-refractivity contribution is 9.10. The van der Waals surface area contributed by atoms with Gasteiger partial charge in [0.25, 0.3) is 5.56 Å². The first-order valence-electron chi connectivity index (χ1n) is 7.73. The van der Waals surface area contributed by atoms with Gasteiger partial charge in [-0.15, -0.1) is 0 Å². The minimum absolute atomic E-state index is 0.0912. The van der Waals surface area contributed by atoms with Crippen molar-refractivity contribution in [3.63, 3.8) is 0 Å². The number of aryl methyl sites for hydroxylation is 1. The Morgan fingerprint density at radius 2 is 1.92 bits per heavy atom. The molecule has 0 saturated heterocycles. The molecule has 1 aromatic heterocycles. The van der Waals surface area contributed by atoms with Crippen LogP contribution < -0.4 is 5.56 Å². The van der Waals surface area contributed by atoms with E-state index in [1.54, 1.807) is 24.3 Å². The zero-order chi connectivity index (χ0) is 18.0. The van der Waals surface area contributed by atoms with E-state index in [4.69, 9.17) is 0 Å². The molecule has 1 N–H and O–H groups in total. The number of halogens is 2. The Kier molecular flexibility index (Phi) is 5.34. The minimum atomic E-state index is -0.236. The Morgan fingerprint density at radius 3 is 2.68 bits per heavy atom. The van der Waals surface area contributed by atoms with E-state index < -0.39 is 0 Å². The van der Waals surface area contributed by atoms with Crippen LogP contribution in [0.25, 0.3) is 10.9 Å². The Labute approximate surface area is 161 Å². The van der Waals surface area contributed by atoms with Gasteiger partial charge in [0.1, 0.15) is 11.6 Å². The fourth-order valence-electron chi connectivity index (χ4n) is 2.45. The van der Waals surface area contributed by atoms with Crippen LogP contribution in [-0.2, 0) is 6.42 Å². The lowest BCUT2D eigenvalue weighted by Gasteiger charge is -2.09. The number of aromatic hydroxyl groups is 1. The summed E-state index contributed by atoms with van der Waals surface area (Å²) in [6, 6.07) is 10.4. The number of fused-ring (bicyclic) bond motifs is 1. The van der Waals surface area contributed by atoms with E-state index in [1.807, 2.05) is 19.1 Å². The number of phenolic OH excluding ortho intramolecular Hbond substituents is 1. The number of rotatable bonds is 4. The van der Waals surface area contributed by atoms with Gasteiger partial charge in [0.05, 0.1) is 17.1 Å². The topological polar surface area (TPSA) is 67.5 Å². The molecular formula is C18H15Br2N3O2. The van der Waals surface area contributed by atoms with Gasteiger partial charge in [-0.25, -0.2) is 4.98 Å². The number of nitrogens with zero attached hydrogens (tertiary/aromatic N) is 3. The molecule has 0 fully saturated rings. The summed E-state index contributed by atoms with van der Waals surface area (Å²) in [5.41, 5.74) is 0.923. The average Bonchev–Trinajstić information content (AvgIpc) is 2.58. The first-order chi connectivity index (χ1) is 12.0. The molecule has 7 heteroatoms. The summed E-state index contributed by atoms with van der Waals surface area (Å²) < 4.78 is 2.93. The highest BCUT2D eigenvalue weighted by atomic mass is 79.9. The van der Waals surface area contributed by atoms with Gasteiger partial charge in [-0.3, -0.25) is 4.79 Å². The largest absolute Gasteiger partial charge is 0.507 e. The third-order valence-electron chi connectivity index (χ3n) is 3.65. The molecular weight excluding hydrogens is 450 g/mol. The van der Waals surface area contributed by atoms with Crippen molar-refractivity contribution in [1.82, 2.24) is 9.66 Å². The predicted molar refractivity (Wildman–Crippen MR) is 106 cm³/mol. The lowest BCUT2D eigenvalue weighted by Crippen LogP contribution is -2.22. The summed E-state index contributed by atoms with van der Waals surface area (Å²) in [5, 5.41) is 14.7. The van der Waals surface area contributed by atoms with Crippen molar-refractivity contribution >= 4 is 49.0 Å². The van der Waals surface area contributed by atoms with Crippen LogP contribution in [0.2, 0.25) is 0 Å². The molecule has 2 aromatic carbocycles. The molecule has 0 bridgehead atoms. The van der Waals surface area contributed by atoms with E-state index in [2.05, 4.69) is 41.9 Å². The molecule has 3 aromatic rings. The van der Waals surface area contributed by atoms with Gasteiger partial charge >= 0.3 is 0 Å². The quantitative estimate of drug-likeness (QED) is 0.579. The van der Waals surface area contributed by atoms with Crippen LogP contribution in [0.5, 0.6) is 5.75 Å². The molecule has 1 heterocycles. The van der Waals surface area contributed by atoms with Crippen LogP contribution in [-0.4, -0.2) is 21.0 Å². The minimum Gasteiger partial charge on any atom is -0.507 e. The Balaban J connectivity index is 2.17. The molecule has 0 atom stereocenters. The molecule has 0 aliphatic rings. The van der Waals surface area contributed by atoms with Crippen molar-refractivity contribution in [2.45, 2.75) is 19.8 Å². The standard InChI is InChI=1S/C18H15Br2N3O2/c1-2-3-17-22-15-6-4-13(20)9-14(15)18(25)23(17)21-10-11-8-12(19)5-7-16(11)24/h4-10,24H,2-3H2,1H3. The van der Waals surface area contributed by atoms with Crippen LogP contribution in [0, 0.1) is 0 Å². The van der Waals surface area contributed by atoms with E-state index in [-0.39, 0.29) is 11.3 Å². The van der Waals surface area contributed by atoms with Crippen LogP contribution in [0.4, 0.5) is 0 Å². The van der Waals surface area contributed by atoms with Gasteiger partial charge in [0, 0.05) is 20.9 Å². The fourth-order valence-corrected chi connectivity index (χ4v) is 3.19. The van der Waals surface area contributed by atoms with Gasteiger partial charge < -0.3 is 5.11 Å². The summed E-state index contributed by atoms with van der Waals surface area (Å²) in [6.07, 6.45) is 2.93. The van der Waals surface area contributed by atoms with Gasteiger partial charge in [-0.05, 0) is 42.8 Å². The number of hydrogen-bond acceptors (Lipinski definition) is 4. The molecule has 128 valence electrons. The number of hydrogen-bond donors (Lipinski definition) is 1. The third kappa shape index (κ3) is 3.82. The first kappa shape index (κ1) is 17.8. The van der Waals surface area contributed by atoms with Crippen LogP contribution >= 0.6 is 31.9 Å². The van der Waals surface area contributed by atoms with Gasteiger partial charge in [0.2, 0.25) is 0 Å². The van der Waals surface area contributed by atoms with E-state index in [0.717, 1.165) is 15.4 Å². The lowest BCUT2D eigenvalue weighted by atomic mass is 10.2. The van der Waals surface area contributed by atoms with Crippen molar-refractivity contribution in [3.8, 4) is 5.75 Å². The summed E-state index contributed by atoms with van der Waals surface area (Å²) in [4.78, 5) is 17.4. The Hall–Kier alpha value is -1.99. The van der Waals surface area contributed by atoms with Gasteiger partial charge in [-0.2, -0.15) is 9.78 Å². The van der Waals surface area contributed by atoms with Crippen molar-refractivity contribution in [3.05, 3.63) is 67.1 Å². The van der Waals surface area contributed by atoms with Gasteiger partial charge in [-0.1, -0.05) is 38.8 Å². The van der Waals surface area contributed by atoms with E-state index in [1.165, 1.54) is 10.9 Å². The number of aromatic nitrogens is 2. The van der Waals surface area contributed by atoms with Crippen molar-refractivity contribution < 1.29 is 5.11 Å². The zero-order valence-corrected chi connectivity index (χ0v) is 16.6. The van der Waals surface area contributed by atoms with E-state index in [0.29, 0.717) is 28.7 Å². The molecule has 3 rings (SSSR count). The van der Waals surface area contributed by atoms with Gasteiger partial charge in [0.15, 0.2) is 0 Å². The van der Waals surface area contributed by atoms with Crippen LogP contribution in [0.1, 0.15) is 24.7 Å². The second-order valence-electron chi connectivity index (χ2n) is 5.50. The second kappa shape index (κ2) is 7.49. The third-order valence-corrected chi connectivity index (χ3v) is 4.64. The maximum atomic E-state index is 12.9. The molecule has 25 heavy (non-hydrogen) atoms. The average molecular weight is 465 g/mol. The second-order valence-corrected chi connectivity index (χ2v) is 7.34. The summed E-state index contributed by atoms with van der Waals surface area (Å²) in [7, 11) is 0. The van der Waals surface area contributed by atoms with Crippen molar-refractivity contribution in [1.29, 1.82) is 0 Å². The smallest absolute Gasteiger partial charge is 0.282 e. The highest BCUT2D eigenvalue weighted by Crippen LogP contribution is 2.20. The normalized spacial score (nSPS) is 11.5. The lowest BCUT2D eigenvalue weighted by molar-refractivity contribution is 0.474. The SMILES string of the molecule is CCCc1nc2ccc(Br)cc2c(=O)n1N=Cc1cc(Br)ccc1O. The maximum Gasteiger partial charge on any atom is 0.282 e. The predicted octanol–water partition coefficient (Wildman–Crippen LogP) is 4.46. The van der Waals surface area contributed by atoms with Crippen LogP contribution in [0.15, 0.2) is 55.2 Å². The molecule has 0 unspecified atom stereocenters. The molecule has 0 spiro atoms. The molecule has 0 aliphatic carbocycles. The maximum absolute atomic E-state index is 12.9. The summed E-state index contributed by atoms with van der Waals surface area (Å²) >= 11 is 6.74. The number of benzene rings is 2. The molecule has 0 saturated carbocycles. The molecule has 0 aliphatic heterocycles. The van der Waals surface area contributed by atoms with Crippen LogP contribution in [0.3, 0.4) is 0 Å². The first-order valence-corrected chi connectivity index (χ1v) is 9.32. The summed E-state index contributed by atoms with van der Waals surface area (Å²) in [5.74, 6) is 0.682. The highest BCUT2D eigenvalue weighted by Gasteiger charge is 2.10. The van der Waals surface area contributed by atoms with Crippen molar-refractivity contribution in [2.75, 3.05) is 0 Å². The van der Waals surface area contributed by atoms with E-state index in [9.17, 15) is 9.90 Å². The monoisotopic (exact) mass is 463 g/mol. The van der Waals surface area contributed by atoms with Crippen molar-refractivity contribution in [2.24, 2.45) is 5.10 Å². The Bertz CT molecular complexity index is 1030. The number of phenols is 1. The molecule has 5 nitrogen and oxygen atoms in total. The van der Waals surface area contributed by atoms with E-state index >= 15 is 0 Å². The molecule has 0 amide bonds. The Morgan fingerprint density at radius 1 is 1.20 bits per heavy atom. The fraction of sp³-hybridized carbons (Fsp3) is 0.167. The zero-order valence-electron chi connectivity index (χ0n) is 13.4.